The molecule has 76 valence electrons. The van der Waals surface area contributed by atoms with Crippen LogP contribution in [0, 0.1) is 11.8 Å². The van der Waals surface area contributed by atoms with Gasteiger partial charge in [-0.25, -0.2) is 0 Å². The maximum Gasteiger partial charge on any atom is 0.0125 e. The molecule has 2 nitrogen and oxygen atoms in total. The maximum absolute atomic E-state index is 5.80. The SMILES string of the molecule is CC(C)C1CCN(C2CC(N)C2)C1. The highest BCUT2D eigenvalue weighted by Gasteiger charge is 2.35. The van der Waals surface area contributed by atoms with Gasteiger partial charge in [-0.05, 0) is 37.6 Å². The highest BCUT2D eigenvalue weighted by atomic mass is 15.2. The normalized spacial score (nSPS) is 41.1. The number of nitrogens with zero attached hydrogens (tertiary/aromatic N) is 1. The summed E-state index contributed by atoms with van der Waals surface area (Å²) in [7, 11) is 0. The van der Waals surface area contributed by atoms with Crippen LogP contribution in [0.3, 0.4) is 0 Å². The van der Waals surface area contributed by atoms with E-state index in [9.17, 15) is 0 Å². The second-order valence-corrected chi connectivity index (χ2v) is 5.17. The summed E-state index contributed by atoms with van der Waals surface area (Å²) in [5.41, 5.74) is 5.80. The van der Waals surface area contributed by atoms with Gasteiger partial charge in [0.2, 0.25) is 0 Å². The largest absolute Gasteiger partial charge is 0.328 e. The van der Waals surface area contributed by atoms with Gasteiger partial charge in [0.15, 0.2) is 0 Å². The molecule has 13 heavy (non-hydrogen) atoms. The first-order valence-electron chi connectivity index (χ1n) is 5.66. The van der Waals surface area contributed by atoms with Gasteiger partial charge in [-0.3, -0.25) is 4.90 Å². The van der Waals surface area contributed by atoms with Crippen LogP contribution in [0.25, 0.3) is 0 Å². The van der Waals surface area contributed by atoms with Crippen molar-refractivity contribution in [1.29, 1.82) is 0 Å². The zero-order valence-electron chi connectivity index (χ0n) is 8.87. The Balaban J connectivity index is 1.78. The molecule has 0 aromatic heterocycles. The monoisotopic (exact) mass is 182 g/mol. The zero-order valence-corrected chi connectivity index (χ0v) is 8.87. The Labute approximate surface area is 81.5 Å². The lowest BCUT2D eigenvalue weighted by Gasteiger charge is -2.39. The Morgan fingerprint density at radius 3 is 2.46 bits per heavy atom. The topological polar surface area (TPSA) is 29.3 Å². The summed E-state index contributed by atoms with van der Waals surface area (Å²) in [6.07, 6.45) is 3.89. The third kappa shape index (κ3) is 1.89. The molecule has 0 bridgehead atoms. The van der Waals surface area contributed by atoms with Crippen molar-refractivity contribution in [2.45, 2.75) is 45.2 Å². The standard InChI is InChI=1S/C11H22N2/c1-8(2)9-3-4-13(7-9)11-5-10(12)6-11/h8-11H,3-7,12H2,1-2H3. The number of hydrogen-bond acceptors (Lipinski definition) is 2. The van der Waals surface area contributed by atoms with Crippen molar-refractivity contribution in [1.82, 2.24) is 4.90 Å². The van der Waals surface area contributed by atoms with Crippen LogP contribution in [0.2, 0.25) is 0 Å². The predicted molar refractivity (Wildman–Crippen MR) is 55.5 cm³/mol. The van der Waals surface area contributed by atoms with E-state index in [4.69, 9.17) is 5.73 Å². The van der Waals surface area contributed by atoms with E-state index >= 15 is 0 Å². The molecule has 2 fully saturated rings. The highest BCUT2D eigenvalue weighted by molar-refractivity contribution is 4.93. The first kappa shape index (κ1) is 9.47. The third-order valence-corrected chi connectivity index (χ3v) is 3.86. The quantitative estimate of drug-likeness (QED) is 0.700. The molecule has 2 heteroatoms. The summed E-state index contributed by atoms with van der Waals surface area (Å²) in [4.78, 5) is 2.66. The van der Waals surface area contributed by atoms with Crippen LogP contribution in [0.5, 0.6) is 0 Å². The minimum atomic E-state index is 0.503. The molecule has 1 heterocycles. The average Bonchev–Trinajstić information content (AvgIpc) is 2.46. The molecular weight excluding hydrogens is 160 g/mol. The first-order chi connectivity index (χ1) is 6.16. The van der Waals surface area contributed by atoms with E-state index in [0.29, 0.717) is 6.04 Å². The Morgan fingerprint density at radius 2 is 2.00 bits per heavy atom. The summed E-state index contributed by atoms with van der Waals surface area (Å²) in [5, 5.41) is 0. The number of hydrogen-bond donors (Lipinski definition) is 1. The molecule has 0 aromatic carbocycles. The van der Waals surface area contributed by atoms with E-state index in [0.717, 1.165) is 17.9 Å². The predicted octanol–water partition coefficient (Wildman–Crippen LogP) is 1.45. The second-order valence-electron chi connectivity index (χ2n) is 5.17. The van der Waals surface area contributed by atoms with E-state index in [1.807, 2.05) is 0 Å². The molecule has 1 saturated heterocycles. The van der Waals surface area contributed by atoms with Crippen molar-refractivity contribution in [3.8, 4) is 0 Å². The fourth-order valence-corrected chi connectivity index (χ4v) is 2.62. The summed E-state index contributed by atoms with van der Waals surface area (Å²) < 4.78 is 0. The molecule has 1 aliphatic carbocycles. The molecule has 0 aromatic rings. The van der Waals surface area contributed by atoms with Gasteiger partial charge < -0.3 is 5.73 Å². The van der Waals surface area contributed by atoms with Crippen molar-refractivity contribution < 1.29 is 0 Å². The molecule has 2 N–H and O–H groups in total. The van der Waals surface area contributed by atoms with Crippen molar-refractivity contribution >= 4 is 0 Å². The molecule has 0 spiro atoms. The Bertz CT molecular complexity index is 173. The molecule has 2 rings (SSSR count). The Morgan fingerprint density at radius 1 is 1.31 bits per heavy atom. The molecular formula is C11H22N2. The van der Waals surface area contributed by atoms with Crippen LogP contribution in [-0.2, 0) is 0 Å². The number of likely N-dealkylation sites (tertiary alicyclic amines) is 1. The summed E-state index contributed by atoms with van der Waals surface area (Å²) in [5.74, 6) is 1.80. The molecule has 1 atom stereocenters. The van der Waals surface area contributed by atoms with Crippen LogP contribution in [-0.4, -0.2) is 30.1 Å². The van der Waals surface area contributed by atoms with Crippen molar-refractivity contribution in [3.63, 3.8) is 0 Å². The molecule has 0 radical (unpaired) electrons. The second kappa shape index (κ2) is 3.58. The molecule has 0 amide bonds. The van der Waals surface area contributed by atoms with E-state index in [1.54, 1.807) is 0 Å². The highest BCUT2D eigenvalue weighted by Crippen LogP contribution is 2.31. The minimum Gasteiger partial charge on any atom is -0.328 e. The maximum atomic E-state index is 5.80. The summed E-state index contributed by atoms with van der Waals surface area (Å²) in [6.45, 7) is 7.34. The molecule has 1 saturated carbocycles. The van der Waals surface area contributed by atoms with Gasteiger partial charge in [0.05, 0.1) is 0 Å². The van der Waals surface area contributed by atoms with Crippen LogP contribution in [0.15, 0.2) is 0 Å². The van der Waals surface area contributed by atoms with Gasteiger partial charge >= 0.3 is 0 Å². The van der Waals surface area contributed by atoms with Crippen LogP contribution < -0.4 is 5.73 Å². The lowest BCUT2D eigenvalue weighted by molar-refractivity contribution is 0.130. The van der Waals surface area contributed by atoms with E-state index in [-0.39, 0.29) is 0 Å². The lowest BCUT2D eigenvalue weighted by Crippen LogP contribution is -2.49. The summed E-state index contributed by atoms with van der Waals surface area (Å²) >= 11 is 0. The van der Waals surface area contributed by atoms with Gasteiger partial charge in [-0.15, -0.1) is 0 Å². The van der Waals surface area contributed by atoms with Gasteiger partial charge in [-0.1, -0.05) is 13.8 Å². The van der Waals surface area contributed by atoms with Crippen LogP contribution in [0.1, 0.15) is 33.1 Å². The van der Waals surface area contributed by atoms with Gasteiger partial charge in [0, 0.05) is 18.6 Å². The zero-order chi connectivity index (χ0) is 9.42. The molecule has 2 aliphatic rings. The van der Waals surface area contributed by atoms with E-state index in [1.165, 1.54) is 32.4 Å². The lowest BCUT2D eigenvalue weighted by atomic mass is 9.86. The van der Waals surface area contributed by atoms with Crippen molar-refractivity contribution in [2.75, 3.05) is 13.1 Å². The number of rotatable bonds is 2. The molecule has 1 aliphatic heterocycles. The Kier molecular flexibility index (Phi) is 2.61. The van der Waals surface area contributed by atoms with Crippen LogP contribution in [0.4, 0.5) is 0 Å². The van der Waals surface area contributed by atoms with Gasteiger partial charge in [0.25, 0.3) is 0 Å². The molecule has 1 unspecified atom stereocenters. The smallest absolute Gasteiger partial charge is 0.0125 e. The fraction of sp³-hybridized carbons (Fsp3) is 1.00. The number of nitrogens with two attached hydrogens (primary N) is 1. The van der Waals surface area contributed by atoms with E-state index in [2.05, 4.69) is 18.7 Å². The van der Waals surface area contributed by atoms with E-state index < -0.39 is 0 Å². The minimum absolute atomic E-state index is 0.503. The average molecular weight is 182 g/mol. The Hall–Kier alpha value is -0.0800. The summed E-state index contributed by atoms with van der Waals surface area (Å²) in [6, 6.07) is 1.34. The van der Waals surface area contributed by atoms with Gasteiger partial charge in [0.1, 0.15) is 0 Å². The van der Waals surface area contributed by atoms with Crippen molar-refractivity contribution in [3.05, 3.63) is 0 Å². The fourth-order valence-electron chi connectivity index (χ4n) is 2.62. The van der Waals surface area contributed by atoms with Crippen molar-refractivity contribution in [2.24, 2.45) is 17.6 Å². The van der Waals surface area contributed by atoms with Gasteiger partial charge in [-0.2, -0.15) is 0 Å². The third-order valence-electron chi connectivity index (χ3n) is 3.86. The van der Waals surface area contributed by atoms with Crippen LogP contribution >= 0.6 is 0 Å². The first-order valence-corrected chi connectivity index (χ1v) is 5.66.